The molecule has 32 heavy (non-hydrogen) atoms. The molecule has 0 aromatic heterocycles. The van der Waals surface area contributed by atoms with Crippen LogP contribution in [0, 0.1) is 0 Å². The van der Waals surface area contributed by atoms with Gasteiger partial charge in [-0.1, -0.05) is 0 Å². The van der Waals surface area contributed by atoms with Gasteiger partial charge >= 0.3 is 200 Å². The van der Waals surface area contributed by atoms with Crippen molar-refractivity contribution in [2.45, 2.75) is 79.2 Å². The third-order valence-corrected chi connectivity index (χ3v) is 21.6. The number of nitrogens with zero attached hydrogens (tertiary/aromatic N) is 1. The third kappa shape index (κ3) is 8.38. The van der Waals surface area contributed by atoms with Crippen molar-refractivity contribution in [3.63, 3.8) is 0 Å². The maximum atomic E-state index is 13.6. The van der Waals surface area contributed by atoms with Gasteiger partial charge in [0.05, 0.1) is 0 Å². The van der Waals surface area contributed by atoms with Crippen LogP contribution in [-0.4, -0.2) is 39.5 Å². The Bertz CT molecular complexity index is 785. The van der Waals surface area contributed by atoms with E-state index < -0.39 is 18.4 Å². The molecule has 4 heteroatoms. The molecule has 1 amide bonds. The Kier molecular flexibility index (Phi) is 12.1. The Hall–Kier alpha value is -1.62. The molecule has 2 aromatic rings. The van der Waals surface area contributed by atoms with Crippen molar-refractivity contribution in [2.24, 2.45) is 0 Å². The van der Waals surface area contributed by atoms with E-state index in [-0.39, 0.29) is 11.7 Å². The predicted octanol–water partition coefficient (Wildman–Crippen LogP) is 7.29. The monoisotopic (exact) mass is 543 g/mol. The first-order valence-corrected chi connectivity index (χ1v) is 20.5. The predicted molar refractivity (Wildman–Crippen MR) is 138 cm³/mol. The first-order valence-electron chi connectivity index (χ1n) is 12.5. The summed E-state index contributed by atoms with van der Waals surface area (Å²) in [4.78, 5) is 28.6. The first kappa shape index (κ1) is 26.6. The number of hydrogen-bond acceptors (Lipinski definition) is 2. The van der Waals surface area contributed by atoms with E-state index in [1.54, 1.807) is 12.1 Å². The van der Waals surface area contributed by atoms with Gasteiger partial charge in [-0.05, 0) is 0 Å². The summed E-state index contributed by atoms with van der Waals surface area (Å²) in [6.07, 6.45) is 7.36. The van der Waals surface area contributed by atoms with Gasteiger partial charge in [0.2, 0.25) is 0 Å². The number of rotatable bonds is 15. The molecule has 0 heterocycles. The Morgan fingerprint density at radius 1 is 0.719 bits per heavy atom. The van der Waals surface area contributed by atoms with Crippen LogP contribution in [0.25, 0.3) is 0 Å². The molecule has 0 aliphatic rings. The number of ketones is 1. The molecule has 0 aliphatic heterocycles. The van der Waals surface area contributed by atoms with Crippen LogP contribution in [0.3, 0.4) is 0 Å². The van der Waals surface area contributed by atoms with Crippen molar-refractivity contribution in [3.8, 4) is 0 Å². The van der Waals surface area contributed by atoms with Gasteiger partial charge in [-0.3, -0.25) is 0 Å². The summed E-state index contributed by atoms with van der Waals surface area (Å²) in [5, 5.41) is 0. The number of amides is 1. The molecule has 0 N–H and O–H groups in total. The van der Waals surface area contributed by atoms with Crippen LogP contribution in [0.2, 0.25) is 13.3 Å². The van der Waals surface area contributed by atoms with Gasteiger partial charge in [-0.15, -0.1) is 0 Å². The Morgan fingerprint density at radius 2 is 1.19 bits per heavy atom. The van der Waals surface area contributed by atoms with E-state index in [0.717, 1.165) is 10.1 Å². The van der Waals surface area contributed by atoms with Crippen LogP contribution in [-0.2, 0) is 11.3 Å². The average Bonchev–Trinajstić information content (AvgIpc) is 2.84. The summed E-state index contributed by atoms with van der Waals surface area (Å²) in [5.74, 6) is -0.700. The van der Waals surface area contributed by atoms with Crippen LogP contribution in [0.15, 0.2) is 60.7 Å². The van der Waals surface area contributed by atoms with Gasteiger partial charge < -0.3 is 0 Å². The molecule has 2 rings (SSSR count). The van der Waals surface area contributed by atoms with Gasteiger partial charge in [0.25, 0.3) is 0 Å². The first-order chi connectivity index (χ1) is 15.5. The summed E-state index contributed by atoms with van der Waals surface area (Å²) in [7, 11) is 0. The SMILES string of the molecule is CCC[CH2][Sn]([CH2]CCC)([CH2]CCC)[CH2]N(Cc1ccccc1)C(=O)C(=O)c1ccccc1. The zero-order valence-electron chi connectivity index (χ0n) is 20.3. The van der Waals surface area contributed by atoms with Gasteiger partial charge in [0.15, 0.2) is 0 Å². The number of unbranched alkanes of at least 4 members (excludes halogenated alkanes) is 3. The van der Waals surface area contributed by atoms with Gasteiger partial charge in [-0.2, -0.15) is 0 Å². The zero-order valence-corrected chi connectivity index (χ0v) is 23.2. The summed E-state index contributed by atoms with van der Waals surface area (Å²) in [5.41, 5.74) is 1.59. The molecule has 0 saturated carbocycles. The summed E-state index contributed by atoms with van der Waals surface area (Å²) in [6.45, 7) is 7.33. The van der Waals surface area contributed by atoms with E-state index in [1.165, 1.54) is 51.8 Å². The minimum absolute atomic E-state index is 0.328. The molecule has 0 aliphatic carbocycles. The summed E-state index contributed by atoms with van der Waals surface area (Å²) < 4.78 is 4.83. The van der Waals surface area contributed by atoms with E-state index in [0.29, 0.717) is 12.1 Å². The second kappa shape index (κ2) is 14.5. The Labute approximate surface area is 199 Å². The third-order valence-electron chi connectivity index (χ3n) is 6.44. The standard InChI is InChI=1S/C16H14NO2.3C4H9.Sn/c1-17(12-13-8-4-2-5-9-13)16(19)15(18)14-10-6-3-7-11-14;3*1-3-4-2;/h2-11H,1,12H2;3*1,3-4H2,2H3;. The molecule has 174 valence electrons. The molecule has 0 saturated heterocycles. The fourth-order valence-corrected chi connectivity index (χ4v) is 20.5. The van der Waals surface area contributed by atoms with Crippen LogP contribution in [0.4, 0.5) is 0 Å². The second-order valence-corrected chi connectivity index (χ2v) is 22.9. The Morgan fingerprint density at radius 3 is 1.66 bits per heavy atom. The van der Waals surface area contributed by atoms with Gasteiger partial charge in [0.1, 0.15) is 0 Å². The number of benzene rings is 2. The molecule has 0 fully saturated rings. The average molecular weight is 542 g/mol. The van der Waals surface area contributed by atoms with Crippen molar-refractivity contribution >= 4 is 30.1 Å². The molecule has 0 atom stereocenters. The van der Waals surface area contributed by atoms with Crippen LogP contribution in [0.5, 0.6) is 0 Å². The molecule has 0 unspecified atom stereocenters. The maximum absolute atomic E-state index is 13.6. The number of hydrogen-bond donors (Lipinski definition) is 0. The van der Waals surface area contributed by atoms with Crippen molar-refractivity contribution in [1.82, 2.24) is 4.90 Å². The van der Waals surface area contributed by atoms with Crippen LogP contribution >= 0.6 is 0 Å². The quantitative estimate of drug-likeness (QED) is 0.135. The summed E-state index contributed by atoms with van der Waals surface area (Å²) >= 11 is -2.66. The van der Waals surface area contributed by atoms with E-state index in [2.05, 4.69) is 32.9 Å². The summed E-state index contributed by atoms with van der Waals surface area (Å²) in [6, 6.07) is 19.2. The van der Waals surface area contributed by atoms with Crippen molar-refractivity contribution in [1.29, 1.82) is 0 Å². The van der Waals surface area contributed by atoms with E-state index >= 15 is 0 Å². The fourth-order valence-electron chi connectivity index (χ4n) is 4.53. The van der Waals surface area contributed by atoms with Crippen molar-refractivity contribution < 1.29 is 9.59 Å². The number of carbonyl (C=O) groups excluding carboxylic acids is 2. The number of Topliss-reactive ketones (excluding diaryl/α,β-unsaturated/α-hetero) is 1. The van der Waals surface area contributed by atoms with Crippen LogP contribution < -0.4 is 0 Å². The van der Waals surface area contributed by atoms with E-state index in [4.69, 9.17) is 0 Å². The minimum atomic E-state index is -2.66. The van der Waals surface area contributed by atoms with Gasteiger partial charge in [-0.25, -0.2) is 0 Å². The fraction of sp³-hybridized carbons (Fsp3) is 0.500. The van der Waals surface area contributed by atoms with Crippen LogP contribution in [0.1, 0.15) is 75.2 Å². The second-order valence-electron chi connectivity index (χ2n) is 9.15. The molecular weight excluding hydrogens is 501 g/mol. The van der Waals surface area contributed by atoms with Gasteiger partial charge in [0, 0.05) is 0 Å². The molecule has 0 radical (unpaired) electrons. The molecule has 0 spiro atoms. The molecule has 3 nitrogen and oxygen atoms in total. The van der Waals surface area contributed by atoms with E-state index in [9.17, 15) is 9.59 Å². The van der Waals surface area contributed by atoms with Crippen molar-refractivity contribution in [3.05, 3.63) is 71.8 Å². The topological polar surface area (TPSA) is 37.4 Å². The zero-order chi connectivity index (χ0) is 23.2. The van der Waals surface area contributed by atoms with E-state index in [1.807, 2.05) is 41.3 Å². The molecular formula is C28H41NO2Sn. The normalized spacial score (nSPS) is 11.3. The van der Waals surface area contributed by atoms with Crippen molar-refractivity contribution in [2.75, 3.05) is 4.56 Å². The molecule has 2 aromatic carbocycles. The number of carbonyl (C=O) groups is 2. The Balaban J connectivity index is 2.37. The molecule has 0 bridgehead atoms.